The quantitative estimate of drug-likeness (QED) is 0.843. The zero-order valence-corrected chi connectivity index (χ0v) is 12.8. The Bertz CT molecular complexity index is 598. The first-order chi connectivity index (χ1) is 9.47. The van der Waals surface area contributed by atoms with Gasteiger partial charge in [-0.25, -0.2) is 4.98 Å². The van der Waals surface area contributed by atoms with Gasteiger partial charge in [-0.15, -0.1) is 0 Å². The highest BCUT2D eigenvalue weighted by molar-refractivity contribution is 5.53. The summed E-state index contributed by atoms with van der Waals surface area (Å²) in [5.74, 6) is 2.20. The fourth-order valence-corrected chi connectivity index (χ4v) is 3.57. The number of pyridine rings is 1. The van der Waals surface area contributed by atoms with E-state index in [9.17, 15) is 0 Å². The highest BCUT2D eigenvalue weighted by Gasteiger charge is 2.32. The summed E-state index contributed by atoms with van der Waals surface area (Å²) >= 11 is 0. The monoisotopic (exact) mass is 271 g/mol. The fourth-order valence-electron chi connectivity index (χ4n) is 3.57. The average molecular weight is 271 g/mol. The molecular formula is C17H25N3. The lowest BCUT2D eigenvalue weighted by molar-refractivity contribution is 0.168. The smallest absolute Gasteiger partial charge is 0.138 e. The Kier molecular flexibility index (Phi) is 3.23. The molecule has 0 spiro atoms. The molecule has 108 valence electrons. The Balaban J connectivity index is 1.82. The molecule has 20 heavy (non-hydrogen) atoms. The van der Waals surface area contributed by atoms with Gasteiger partial charge in [0.05, 0.1) is 5.69 Å². The summed E-state index contributed by atoms with van der Waals surface area (Å²) in [6.07, 6.45) is 7.02. The maximum atomic E-state index is 6.29. The van der Waals surface area contributed by atoms with Gasteiger partial charge in [-0.05, 0) is 49.1 Å². The lowest BCUT2D eigenvalue weighted by Gasteiger charge is -2.36. The van der Waals surface area contributed by atoms with E-state index in [4.69, 9.17) is 10.7 Å². The lowest BCUT2D eigenvalue weighted by Crippen LogP contribution is -2.25. The van der Waals surface area contributed by atoms with E-state index in [1.807, 2.05) is 28.8 Å². The molecule has 0 aliphatic heterocycles. The molecule has 0 unspecified atom stereocenters. The van der Waals surface area contributed by atoms with E-state index >= 15 is 0 Å². The molecule has 2 aromatic heterocycles. The fraction of sp³-hybridized carbons (Fsp3) is 0.588. The largest absolute Gasteiger partial charge is 0.383 e. The molecule has 0 saturated heterocycles. The third kappa shape index (κ3) is 2.30. The number of aromatic nitrogens is 2. The van der Waals surface area contributed by atoms with Gasteiger partial charge in [0.25, 0.3) is 0 Å². The summed E-state index contributed by atoms with van der Waals surface area (Å²) < 4.78 is 2.01. The first-order valence-corrected chi connectivity index (χ1v) is 7.69. The van der Waals surface area contributed by atoms with Crippen molar-refractivity contribution in [2.24, 2.45) is 11.3 Å². The second-order valence-electron chi connectivity index (χ2n) is 7.23. The normalized spacial score (nSPS) is 24.1. The summed E-state index contributed by atoms with van der Waals surface area (Å²) in [5, 5.41) is 0. The first-order valence-electron chi connectivity index (χ1n) is 7.69. The van der Waals surface area contributed by atoms with Crippen molar-refractivity contribution in [2.75, 3.05) is 5.73 Å². The molecule has 0 atom stereocenters. The van der Waals surface area contributed by atoms with Crippen LogP contribution in [-0.2, 0) is 0 Å². The minimum Gasteiger partial charge on any atom is -0.383 e. The van der Waals surface area contributed by atoms with Crippen molar-refractivity contribution >= 4 is 11.5 Å². The number of nitrogens with two attached hydrogens (primary N) is 1. The van der Waals surface area contributed by atoms with Gasteiger partial charge in [0, 0.05) is 12.1 Å². The summed E-state index contributed by atoms with van der Waals surface area (Å²) in [7, 11) is 0. The van der Waals surface area contributed by atoms with Crippen molar-refractivity contribution in [3.63, 3.8) is 0 Å². The van der Waals surface area contributed by atoms with Gasteiger partial charge in [0.1, 0.15) is 11.5 Å². The Labute approximate surface area is 121 Å². The number of anilines is 1. The predicted molar refractivity (Wildman–Crippen MR) is 83.8 cm³/mol. The standard InChI is InChI=1S/C17H25N3/c1-17(2,3)13-9-7-12(8-10-13)15-16(18)20-11-5-4-6-14(20)19-15/h4-6,11-13H,7-10,18H2,1-3H3. The second kappa shape index (κ2) is 4.80. The van der Waals surface area contributed by atoms with Crippen molar-refractivity contribution in [1.29, 1.82) is 0 Å². The van der Waals surface area contributed by atoms with Gasteiger partial charge in [0.15, 0.2) is 0 Å². The highest BCUT2D eigenvalue weighted by Crippen LogP contribution is 2.44. The van der Waals surface area contributed by atoms with Gasteiger partial charge in [0.2, 0.25) is 0 Å². The van der Waals surface area contributed by atoms with Gasteiger partial charge in [-0.3, -0.25) is 4.40 Å². The summed E-state index contributed by atoms with van der Waals surface area (Å²) in [4.78, 5) is 4.76. The number of hydrogen-bond acceptors (Lipinski definition) is 2. The zero-order valence-electron chi connectivity index (χ0n) is 12.8. The summed E-state index contributed by atoms with van der Waals surface area (Å²) in [5.41, 5.74) is 8.80. The molecule has 1 aliphatic rings. The molecule has 1 fully saturated rings. The molecule has 3 nitrogen and oxygen atoms in total. The van der Waals surface area contributed by atoms with Crippen LogP contribution in [0.25, 0.3) is 5.65 Å². The number of imidazole rings is 1. The third-order valence-electron chi connectivity index (χ3n) is 4.93. The van der Waals surface area contributed by atoms with Crippen LogP contribution in [0.2, 0.25) is 0 Å². The number of fused-ring (bicyclic) bond motifs is 1. The first kappa shape index (κ1) is 13.5. The summed E-state index contributed by atoms with van der Waals surface area (Å²) in [6.45, 7) is 7.08. The third-order valence-corrected chi connectivity index (χ3v) is 4.93. The minimum absolute atomic E-state index is 0.426. The molecule has 1 saturated carbocycles. The van der Waals surface area contributed by atoms with Gasteiger partial charge in [-0.2, -0.15) is 0 Å². The number of rotatable bonds is 1. The second-order valence-corrected chi connectivity index (χ2v) is 7.23. The topological polar surface area (TPSA) is 43.3 Å². The van der Waals surface area contributed by atoms with Crippen LogP contribution in [0.3, 0.4) is 0 Å². The van der Waals surface area contributed by atoms with Crippen molar-refractivity contribution < 1.29 is 0 Å². The van der Waals surface area contributed by atoms with Crippen LogP contribution >= 0.6 is 0 Å². The van der Waals surface area contributed by atoms with Crippen molar-refractivity contribution in [3.8, 4) is 0 Å². The molecule has 0 radical (unpaired) electrons. The van der Waals surface area contributed by atoms with Crippen LogP contribution < -0.4 is 5.73 Å². The molecule has 1 aliphatic carbocycles. The maximum absolute atomic E-state index is 6.29. The molecule has 0 amide bonds. The molecule has 2 N–H and O–H groups in total. The zero-order chi connectivity index (χ0) is 14.3. The maximum Gasteiger partial charge on any atom is 0.138 e. The van der Waals surface area contributed by atoms with Crippen LogP contribution in [0, 0.1) is 11.3 Å². The van der Waals surface area contributed by atoms with Gasteiger partial charge in [-0.1, -0.05) is 26.8 Å². The van der Waals surface area contributed by atoms with E-state index < -0.39 is 0 Å². The average Bonchev–Trinajstić information content (AvgIpc) is 2.76. The van der Waals surface area contributed by atoms with E-state index in [1.54, 1.807) is 0 Å². The van der Waals surface area contributed by atoms with E-state index in [0.29, 0.717) is 11.3 Å². The molecular weight excluding hydrogens is 246 g/mol. The summed E-state index contributed by atoms with van der Waals surface area (Å²) in [6, 6.07) is 6.05. The van der Waals surface area contributed by atoms with E-state index in [0.717, 1.165) is 23.1 Å². The number of nitrogens with zero attached hydrogens (tertiary/aromatic N) is 2. The van der Waals surface area contributed by atoms with Gasteiger partial charge < -0.3 is 5.73 Å². The van der Waals surface area contributed by atoms with Crippen molar-refractivity contribution in [2.45, 2.75) is 52.4 Å². The SMILES string of the molecule is CC(C)(C)C1CCC(c2nc3ccccn3c2N)CC1. The van der Waals surface area contributed by atoms with E-state index in [-0.39, 0.29) is 0 Å². The van der Waals surface area contributed by atoms with Crippen LogP contribution in [0.4, 0.5) is 5.82 Å². The molecule has 3 heteroatoms. The van der Waals surface area contributed by atoms with Crippen LogP contribution in [0.5, 0.6) is 0 Å². The molecule has 0 bridgehead atoms. The molecule has 2 aromatic rings. The van der Waals surface area contributed by atoms with Crippen LogP contribution in [-0.4, -0.2) is 9.38 Å². The Morgan fingerprint density at radius 2 is 1.85 bits per heavy atom. The molecule has 3 rings (SSSR count). The van der Waals surface area contributed by atoms with Crippen LogP contribution in [0.1, 0.15) is 58.1 Å². The Hall–Kier alpha value is -1.51. The number of nitrogen functional groups attached to an aromatic ring is 1. The minimum atomic E-state index is 0.426. The number of hydrogen-bond donors (Lipinski definition) is 1. The van der Waals surface area contributed by atoms with Gasteiger partial charge >= 0.3 is 0 Å². The predicted octanol–water partition coefficient (Wildman–Crippen LogP) is 4.24. The Morgan fingerprint density at radius 3 is 2.45 bits per heavy atom. The van der Waals surface area contributed by atoms with Crippen LogP contribution in [0.15, 0.2) is 24.4 Å². The van der Waals surface area contributed by atoms with Crippen molar-refractivity contribution in [1.82, 2.24) is 9.38 Å². The van der Waals surface area contributed by atoms with E-state index in [2.05, 4.69) is 20.8 Å². The Morgan fingerprint density at radius 1 is 1.15 bits per heavy atom. The molecule has 0 aromatic carbocycles. The van der Waals surface area contributed by atoms with Crippen molar-refractivity contribution in [3.05, 3.63) is 30.1 Å². The molecule has 2 heterocycles. The lowest BCUT2D eigenvalue weighted by atomic mass is 9.69. The van der Waals surface area contributed by atoms with E-state index in [1.165, 1.54) is 25.7 Å². The highest BCUT2D eigenvalue weighted by atomic mass is 15.1.